The second-order valence-corrected chi connectivity index (χ2v) is 6.19. The zero-order valence-corrected chi connectivity index (χ0v) is 14.1. The molecular weight excluding hydrogens is 300 g/mol. The highest BCUT2D eigenvalue weighted by molar-refractivity contribution is 5.94. The molecule has 0 unspecified atom stereocenters. The van der Waals surface area contributed by atoms with Gasteiger partial charge in [0.2, 0.25) is 0 Å². The Bertz CT molecular complexity index is 649. The van der Waals surface area contributed by atoms with Gasteiger partial charge in [0.25, 0.3) is 5.91 Å². The molecule has 1 N–H and O–H groups in total. The number of carbonyl (C=O) groups is 1. The molecule has 0 saturated carbocycles. The lowest BCUT2D eigenvalue weighted by molar-refractivity contribution is 0.0342. The Labute approximate surface area is 143 Å². The summed E-state index contributed by atoms with van der Waals surface area (Å²) in [4.78, 5) is 14.8. The molecular formula is C20H24N2O2. The van der Waals surface area contributed by atoms with Gasteiger partial charge in [-0.2, -0.15) is 0 Å². The van der Waals surface area contributed by atoms with Crippen LogP contribution in [-0.4, -0.2) is 37.1 Å². The highest BCUT2D eigenvalue weighted by Gasteiger charge is 2.13. The Hall–Kier alpha value is -2.17. The third-order valence-corrected chi connectivity index (χ3v) is 4.37. The molecule has 126 valence electrons. The highest BCUT2D eigenvalue weighted by Crippen LogP contribution is 2.13. The number of hydrogen-bond acceptors (Lipinski definition) is 3. The first-order chi connectivity index (χ1) is 11.7. The van der Waals surface area contributed by atoms with E-state index in [9.17, 15) is 4.79 Å². The number of nitrogens with one attached hydrogen (secondary N) is 1. The smallest absolute Gasteiger partial charge is 0.251 e. The average molecular weight is 324 g/mol. The van der Waals surface area contributed by atoms with Gasteiger partial charge in [0.1, 0.15) is 0 Å². The van der Waals surface area contributed by atoms with E-state index in [-0.39, 0.29) is 11.9 Å². The molecule has 1 heterocycles. The maximum atomic E-state index is 12.4. The molecule has 3 rings (SSSR count). The van der Waals surface area contributed by atoms with E-state index in [1.165, 1.54) is 5.56 Å². The number of hydrogen-bond donors (Lipinski definition) is 1. The quantitative estimate of drug-likeness (QED) is 0.919. The van der Waals surface area contributed by atoms with Crippen molar-refractivity contribution in [3.63, 3.8) is 0 Å². The summed E-state index contributed by atoms with van der Waals surface area (Å²) in [5.74, 6) is -0.0377. The summed E-state index contributed by atoms with van der Waals surface area (Å²) >= 11 is 0. The van der Waals surface area contributed by atoms with Crippen molar-refractivity contribution in [2.45, 2.75) is 19.5 Å². The summed E-state index contributed by atoms with van der Waals surface area (Å²) in [6, 6.07) is 17.9. The number of amides is 1. The lowest BCUT2D eigenvalue weighted by atomic mass is 10.1. The van der Waals surface area contributed by atoms with Crippen molar-refractivity contribution in [3.8, 4) is 0 Å². The Morgan fingerprint density at radius 2 is 1.75 bits per heavy atom. The zero-order valence-electron chi connectivity index (χ0n) is 14.1. The molecule has 1 atom stereocenters. The summed E-state index contributed by atoms with van der Waals surface area (Å²) < 4.78 is 5.37. The molecule has 0 spiro atoms. The summed E-state index contributed by atoms with van der Waals surface area (Å²) in [6.07, 6.45) is 0. The van der Waals surface area contributed by atoms with Gasteiger partial charge >= 0.3 is 0 Å². The van der Waals surface area contributed by atoms with Crippen molar-refractivity contribution < 1.29 is 9.53 Å². The topological polar surface area (TPSA) is 41.6 Å². The monoisotopic (exact) mass is 324 g/mol. The van der Waals surface area contributed by atoms with Crippen molar-refractivity contribution in [2.24, 2.45) is 0 Å². The Morgan fingerprint density at radius 3 is 2.42 bits per heavy atom. The van der Waals surface area contributed by atoms with Crippen LogP contribution >= 0.6 is 0 Å². The number of ether oxygens (including phenoxy) is 1. The lowest BCUT2D eigenvalue weighted by Crippen LogP contribution is -2.35. The average Bonchev–Trinajstić information content (AvgIpc) is 2.64. The Balaban J connectivity index is 1.57. The molecule has 2 aromatic rings. The van der Waals surface area contributed by atoms with Crippen LogP contribution in [0.2, 0.25) is 0 Å². The molecule has 0 aromatic heterocycles. The molecule has 0 aliphatic carbocycles. The van der Waals surface area contributed by atoms with Crippen LogP contribution in [0.15, 0.2) is 54.6 Å². The van der Waals surface area contributed by atoms with Crippen LogP contribution in [-0.2, 0) is 11.3 Å². The van der Waals surface area contributed by atoms with Gasteiger partial charge in [0.05, 0.1) is 19.3 Å². The van der Waals surface area contributed by atoms with Crippen LogP contribution in [0.1, 0.15) is 34.5 Å². The van der Waals surface area contributed by atoms with E-state index in [4.69, 9.17) is 4.74 Å². The van der Waals surface area contributed by atoms with Gasteiger partial charge in [-0.15, -0.1) is 0 Å². The predicted molar refractivity (Wildman–Crippen MR) is 94.9 cm³/mol. The minimum absolute atomic E-state index is 0.00766. The van der Waals surface area contributed by atoms with Gasteiger partial charge in [-0.1, -0.05) is 42.5 Å². The summed E-state index contributed by atoms with van der Waals surface area (Å²) in [5, 5.41) is 3.05. The number of rotatable bonds is 5. The molecule has 4 nitrogen and oxygen atoms in total. The maximum Gasteiger partial charge on any atom is 0.251 e. The van der Waals surface area contributed by atoms with Crippen molar-refractivity contribution in [1.29, 1.82) is 0 Å². The van der Waals surface area contributed by atoms with Gasteiger partial charge in [-0.3, -0.25) is 9.69 Å². The van der Waals surface area contributed by atoms with E-state index >= 15 is 0 Å². The fourth-order valence-corrected chi connectivity index (χ4v) is 2.88. The zero-order chi connectivity index (χ0) is 16.8. The molecule has 2 aromatic carbocycles. The Kier molecular flexibility index (Phi) is 5.62. The van der Waals surface area contributed by atoms with E-state index in [1.807, 2.05) is 61.5 Å². The van der Waals surface area contributed by atoms with Gasteiger partial charge < -0.3 is 10.1 Å². The molecule has 1 aliphatic heterocycles. The molecule has 24 heavy (non-hydrogen) atoms. The van der Waals surface area contributed by atoms with E-state index in [0.717, 1.165) is 38.4 Å². The largest absolute Gasteiger partial charge is 0.379 e. The van der Waals surface area contributed by atoms with Crippen LogP contribution in [0.5, 0.6) is 0 Å². The van der Waals surface area contributed by atoms with Crippen LogP contribution in [0.4, 0.5) is 0 Å². The van der Waals surface area contributed by atoms with Crippen molar-refractivity contribution in [2.75, 3.05) is 26.3 Å². The SMILES string of the molecule is C[C@H](NC(=O)c1ccc(CN2CCOCC2)cc1)c1ccccc1. The third-order valence-electron chi connectivity index (χ3n) is 4.37. The third kappa shape index (κ3) is 4.43. The fourth-order valence-electron chi connectivity index (χ4n) is 2.88. The van der Waals surface area contributed by atoms with Crippen molar-refractivity contribution >= 4 is 5.91 Å². The van der Waals surface area contributed by atoms with E-state index < -0.39 is 0 Å². The van der Waals surface area contributed by atoms with Crippen LogP contribution < -0.4 is 5.32 Å². The maximum absolute atomic E-state index is 12.4. The van der Waals surface area contributed by atoms with Crippen molar-refractivity contribution in [1.82, 2.24) is 10.2 Å². The molecule has 1 amide bonds. The predicted octanol–water partition coefficient (Wildman–Crippen LogP) is 3.01. The molecule has 1 aliphatic rings. The minimum Gasteiger partial charge on any atom is -0.379 e. The summed E-state index contributed by atoms with van der Waals surface area (Å²) in [6.45, 7) is 6.45. The second kappa shape index (κ2) is 8.08. The second-order valence-electron chi connectivity index (χ2n) is 6.19. The normalized spacial score (nSPS) is 16.5. The number of benzene rings is 2. The van der Waals surface area contributed by atoms with Gasteiger partial charge in [0, 0.05) is 25.2 Å². The first kappa shape index (κ1) is 16.7. The van der Waals surface area contributed by atoms with E-state index in [0.29, 0.717) is 5.56 Å². The molecule has 1 saturated heterocycles. The Morgan fingerprint density at radius 1 is 1.08 bits per heavy atom. The number of morpholine rings is 1. The van der Waals surface area contributed by atoms with Gasteiger partial charge in [-0.05, 0) is 30.2 Å². The lowest BCUT2D eigenvalue weighted by Gasteiger charge is -2.26. The summed E-state index contributed by atoms with van der Waals surface area (Å²) in [7, 11) is 0. The number of nitrogens with zero attached hydrogens (tertiary/aromatic N) is 1. The van der Waals surface area contributed by atoms with Crippen molar-refractivity contribution in [3.05, 3.63) is 71.3 Å². The standard InChI is InChI=1S/C20H24N2O2/c1-16(18-5-3-2-4-6-18)21-20(23)19-9-7-17(8-10-19)15-22-11-13-24-14-12-22/h2-10,16H,11-15H2,1H3,(H,21,23)/t16-/m0/s1. The van der Waals surface area contributed by atoms with Crippen LogP contribution in [0, 0.1) is 0 Å². The molecule has 0 bridgehead atoms. The van der Waals surface area contributed by atoms with E-state index in [1.54, 1.807) is 0 Å². The number of carbonyl (C=O) groups excluding carboxylic acids is 1. The summed E-state index contributed by atoms with van der Waals surface area (Å²) in [5.41, 5.74) is 3.03. The highest BCUT2D eigenvalue weighted by atomic mass is 16.5. The minimum atomic E-state index is -0.0377. The van der Waals surface area contributed by atoms with Gasteiger partial charge in [-0.25, -0.2) is 0 Å². The van der Waals surface area contributed by atoms with Crippen LogP contribution in [0.25, 0.3) is 0 Å². The molecule has 1 fully saturated rings. The van der Waals surface area contributed by atoms with Crippen LogP contribution in [0.3, 0.4) is 0 Å². The fraction of sp³-hybridized carbons (Fsp3) is 0.350. The van der Waals surface area contributed by atoms with E-state index in [2.05, 4.69) is 10.2 Å². The first-order valence-electron chi connectivity index (χ1n) is 8.47. The molecule has 0 radical (unpaired) electrons. The first-order valence-corrected chi connectivity index (χ1v) is 8.47. The molecule has 4 heteroatoms. The van der Waals surface area contributed by atoms with Gasteiger partial charge in [0.15, 0.2) is 0 Å².